The molecule has 1 saturated heterocycles. The topological polar surface area (TPSA) is 18.5 Å². The molecule has 12 heavy (non-hydrogen) atoms. The summed E-state index contributed by atoms with van der Waals surface area (Å²) in [5.74, 6) is 0. The molecule has 3 heteroatoms. The summed E-state index contributed by atoms with van der Waals surface area (Å²) in [6, 6.07) is 0. The highest BCUT2D eigenvalue weighted by Crippen LogP contribution is 2.29. The summed E-state index contributed by atoms with van der Waals surface area (Å²) in [4.78, 5) is 0. The highest BCUT2D eigenvalue weighted by molar-refractivity contribution is 6.48. The molecule has 0 saturated carbocycles. The van der Waals surface area contributed by atoms with Crippen LogP contribution in [0.1, 0.15) is 40.0 Å². The first-order chi connectivity index (χ1) is 5.61. The molecule has 0 aromatic carbocycles. The molecule has 70 valence electrons. The van der Waals surface area contributed by atoms with E-state index in [0.717, 1.165) is 13.2 Å². The molecule has 1 aliphatic heterocycles. The van der Waals surface area contributed by atoms with Crippen molar-refractivity contribution >= 4 is 7.12 Å². The van der Waals surface area contributed by atoms with Crippen LogP contribution in [0.3, 0.4) is 0 Å². The lowest BCUT2D eigenvalue weighted by atomic mass is 9.61. The Morgan fingerprint density at radius 3 is 1.83 bits per heavy atom. The van der Waals surface area contributed by atoms with E-state index < -0.39 is 0 Å². The van der Waals surface area contributed by atoms with Gasteiger partial charge in [-0.3, -0.25) is 0 Å². The minimum atomic E-state index is -0.0159. The van der Waals surface area contributed by atoms with E-state index in [4.69, 9.17) is 9.31 Å². The Morgan fingerprint density at radius 2 is 1.42 bits per heavy atom. The van der Waals surface area contributed by atoms with Gasteiger partial charge in [-0.15, -0.1) is 0 Å². The molecule has 0 aromatic rings. The van der Waals surface area contributed by atoms with Crippen molar-refractivity contribution in [3.63, 3.8) is 0 Å². The minimum absolute atomic E-state index is 0.0159. The van der Waals surface area contributed by atoms with Gasteiger partial charge in [-0.05, 0) is 24.6 Å². The van der Waals surface area contributed by atoms with Crippen LogP contribution < -0.4 is 0 Å². The van der Waals surface area contributed by atoms with Gasteiger partial charge in [0.25, 0.3) is 0 Å². The van der Waals surface area contributed by atoms with Crippen LogP contribution in [0.4, 0.5) is 0 Å². The van der Waals surface area contributed by atoms with Crippen LogP contribution in [-0.4, -0.2) is 20.3 Å². The molecular weight excluding hydrogens is 151 g/mol. The normalized spacial score (nSPS) is 21.8. The van der Waals surface area contributed by atoms with E-state index in [1.54, 1.807) is 0 Å². The first kappa shape index (κ1) is 10.1. The highest BCUT2D eigenvalue weighted by atomic mass is 16.6. The molecular formula is C9H19BO2. The van der Waals surface area contributed by atoms with Crippen molar-refractivity contribution in [3.8, 4) is 0 Å². The first-order valence-electron chi connectivity index (χ1n) is 4.84. The third-order valence-electron chi connectivity index (χ3n) is 2.03. The summed E-state index contributed by atoms with van der Waals surface area (Å²) in [7, 11) is -0.0159. The predicted molar refractivity (Wildman–Crippen MR) is 51.2 cm³/mol. The monoisotopic (exact) mass is 170 g/mol. The lowest BCUT2D eigenvalue weighted by Gasteiger charge is -2.27. The Labute approximate surface area is 75.8 Å². The van der Waals surface area contributed by atoms with Crippen LogP contribution in [0.25, 0.3) is 0 Å². The molecule has 1 fully saturated rings. The van der Waals surface area contributed by atoms with Crippen molar-refractivity contribution in [2.24, 2.45) is 0 Å². The molecule has 0 aliphatic carbocycles. The molecule has 0 N–H and O–H groups in total. The van der Waals surface area contributed by atoms with Crippen LogP contribution in [0, 0.1) is 0 Å². The van der Waals surface area contributed by atoms with E-state index in [0.29, 0.717) is 0 Å². The largest absolute Gasteiger partial charge is 0.462 e. The van der Waals surface area contributed by atoms with E-state index in [-0.39, 0.29) is 12.4 Å². The number of hydrogen-bond acceptors (Lipinski definition) is 2. The van der Waals surface area contributed by atoms with E-state index in [2.05, 4.69) is 20.8 Å². The summed E-state index contributed by atoms with van der Waals surface area (Å²) >= 11 is 0. The average molecular weight is 170 g/mol. The molecule has 0 amide bonds. The standard InChI is InChI=1S/C9H19BO2/c1-9(2,3)10-11-7-5-4-6-8-12-10/h4-8H2,1-3H3. The fourth-order valence-electron chi connectivity index (χ4n) is 1.31. The first-order valence-corrected chi connectivity index (χ1v) is 4.84. The Hall–Kier alpha value is -0.0151. The Morgan fingerprint density at radius 1 is 0.917 bits per heavy atom. The number of hydrogen-bond donors (Lipinski definition) is 0. The van der Waals surface area contributed by atoms with Gasteiger partial charge in [0.1, 0.15) is 0 Å². The lowest BCUT2D eigenvalue weighted by Crippen LogP contribution is -2.34. The fraction of sp³-hybridized carbons (Fsp3) is 1.00. The third-order valence-corrected chi connectivity index (χ3v) is 2.03. The second-order valence-electron chi connectivity index (χ2n) is 4.50. The van der Waals surface area contributed by atoms with Crippen LogP contribution in [-0.2, 0) is 9.31 Å². The molecule has 0 unspecified atom stereocenters. The zero-order chi connectivity index (χ0) is 9.03. The zero-order valence-corrected chi connectivity index (χ0v) is 8.43. The van der Waals surface area contributed by atoms with Gasteiger partial charge in [0.15, 0.2) is 0 Å². The Bertz CT molecular complexity index is 123. The van der Waals surface area contributed by atoms with Gasteiger partial charge in [0.2, 0.25) is 0 Å². The molecule has 0 radical (unpaired) electrons. The van der Waals surface area contributed by atoms with Crippen molar-refractivity contribution in [1.82, 2.24) is 0 Å². The molecule has 1 heterocycles. The zero-order valence-electron chi connectivity index (χ0n) is 8.43. The maximum atomic E-state index is 5.63. The number of rotatable bonds is 0. The van der Waals surface area contributed by atoms with Gasteiger partial charge >= 0.3 is 7.12 Å². The molecule has 0 spiro atoms. The summed E-state index contributed by atoms with van der Waals surface area (Å²) < 4.78 is 11.3. The van der Waals surface area contributed by atoms with Crippen LogP contribution >= 0.6 is 0 Å². The maximum Gasteiger partial charge on any atom is 0.462 e. The van der Waals surface area contributed by atoms with Crippen molar-refractivity contribution in [3.05, 3.63) is 0 Å². The lowest BCUT2D eigenvalue weighted by molar-refractivity contribution is 0.153. The van der Waals surface area contributed by atoms with E-state index in [1.165, 1.54) is 19.3 Å². The summed E-state index contributed by atoms with van der Waals surface area (Å²) in [5, 5.41) is 0.108. The third kappa shape index (κ3) is 3.15. The second kappa shape index (κ2) is 4.29. The van der Waals surface area contributed by atoms with Crippen LogP contribution in [0.2, 0.25) is 5.31 Å². The highest BCUT2D eigenvalue weighted by Gasteiger charge is 2.33. The summed E-state index contributed by atoms with van der Waals surface area (Å²) in [6.45, 7) is 8.15. The molecule has 0 bridgehead atoms. The molecule has 1 aliphatic rings. The van der Waals surface area contributed by atoms with Gasteiger partial charge in [-0.2, -0.15) is 0 Å². The van der Waals surface area contributed by atoms with Gasteiger partial charge in [0.05, 0.1) is 0 Å². The van der Waals surface area contributed by atoms with Gasteiger partial charge in [-0.1, -0.05) is 20.8 Å². The summed E-state index contributed by atoms with van der Waals surface area (Å²) in [6.07, 6.45) is 3.59. The molecule has 2 nitrogen and oxygen atoms in total. The molecule has 0 atom stereocenters. The molecule has 1 rings (SSSR count). The van der Waals surface area contributed by atoms with Gasteiger partial charge in [0, 0.05) is 13.2 Å². The second-order valence-corrected chi connectivity index (χ2v) is 4.50. The quantitative estimate of drug-likeness (QED) is 0.520. The smallest absolute Gasteiger partial charge is 0.411 e. The van der Waals surface area contributed by atoms with Crippen LogP contribution in [0.15, 0.2) is 0 Å². The van der Waals surface area contributed by atoms with E-state index in [9.17, 15) is 0 Å². The molecule has 0 aromatic heterocycles. The fourth-order valence-corrected chi connectivity index (χ4v) is 1.31. The van der Waals surface area contributed by atoms with E-state index >= 15 is 0 Å². The van der Waals surface area contributed by atoms with Crippen molar-refractivity contribution in [2.45, 2.75) is 45.3 Å². The Balaban J connectivity index is 2.40. The van der Waals surface area contributed by atoms with Gasteiger partial charge < -0.3 is 9.31 Å². The van der Waals surface area contributed by atoms with E-state index in [1.807, 2.05) is 0 Å². The Kier molecular flexibility index (Phi) is 3.60. The maximum absolute atomic E-state index is 5.63. The van der Waals surface area contributed by atoms with Crippen molar-refractivity contribution in [1.29, 1.82) is 0 Å². The van der Waals surface area contributed by atoms with Crippen LogP contribution in [0.5, 0.6) is 0 Å². The summed E-state index contributed by atoms with van der Waals surface area (Å²) in [5.41, 5.74) is 0. The SMILES string of the molecule is CC(C)(C)B1OCCCCCO1. The van der Waals surface area contributed by atoms with Crippen molar-refractivity contribution < 1.29 is 9.31 Å². The average Bonchev–Trinajstić information content (AvgIpc) is 1.81. The predicted octanol–water partition coefficient (Wildman–Crippen LogP) is 2.49. The van der Waals surface area contributed by atoms with Gasteiger partial charge in [-0.25, -0.2) is 0 Å². The minimum Gasteiger partial charge on any atom is -0.411 e. The van der Waals surface area contributed by atoms with Crippen molar-refractivity contribution in [2.75, 3.05) is 13.2 Å².